The number of hydrogen-bond acceptors (Lipinski definition) is 1. The largest absolute Gasteiger partial charge is 0.314 e. The second-order valence-electron chi connectivity index (χ2n) is 4.46. The minimum atomic E-state index is -0.152. The van der Waals surface area contributed by atoms with E-state index >= 15 is 0 Å². The van der Waals surface area contributed by atoms with Crippen LogP contribution in [-0.4, -0.2) is 12.6 Å². The summed E-state index contributed by atoms with van der Waals surface area (Å²) in [5, 5.41) is 3.48. The van der Waals surface area contributed by atoms with E-state index in [0.717, 1.165) is 35.5 Å². The summed E-state index contributed by atoms with van der Waals surface area (Å²) in [6.45, 7) is 1.10. The molecule has 0 aliphatic heterocycles. The molecule has 0 aromatic heterocycles. The lowest BCUT2D eigenvalue weighted by molar-refractivity contribution is 0.610. The molecule has 1 aromatic rings. The summed E-state index contributed by atoms with van der Waals surface area (Å²) in [6.07, 6.45) is 5.94. The fourth-order valence-corrected chi connectivity index (χ4v) is 2.32. The predicted molar refractivity (Wildman–Crippen MR) is 68.1 cm³/mol. The third-order valence-corrected chi connectivity index (χ3v) is 3.28. The van der Waals surface area contributed by atoms with Crippen molar-refractivity contribution in [2.45, 2.75) is 38.1 Å². The van der Waals surface area contributed by atoms with Gasteiger partial charge in [-0.15, -0.1) is 0 Å². The average molecular weight is 286 g/mol. The van der Waals surface area contributed by atoms with Gasteiger partial charge in [0.1, 0.15) is 5.82 Å². The third kappa shape index (κ3) is 4.22. The standard InChI is InChI=1S/C13H17BrFN/c14-11-7-10(8-12(15)9-11)3-1-2-6-16-13-4-5-13/h7-9,13,16H,1-6H2. The minimum absolute atomic E-state index is 0.152. The average Bonchev–Trinajstić information content (AvgIpc) is 2.99. The molecule has 0 atom stereocenters. The van der Waals surface area contributed by atoms with Crippen molar-refractivity contribution < 1.29 is 4.39 Å². The minimum Gasteiger partial charge on any atom is -0.314 e. The van der Waals surface area contributed by atoms with E-state index < -0.39 is 0 Å². The summed E-state index contributed by atoms with van der Waals surface area (Å²) in [4.78, 5) is 0. The van der Waals surface area contributed by atoms with E-state index in [4.69, 9.17) is 0 Å². The third-order valence-electron chi connectivity index (χ3n) is 2.82. The number of aryl methyl sites for hydroxylation is 1. The molecule has 88 valence electrons. The van der Waals surface area contributed by atoms with Crippen LogP contribution in [0.3, 0.4) is 0 Å². The monoisotopic (exact) mass is 285 g/mol. The van der Waals surface area contributed by atoms with E-state index in [1.165, 1.54) is 25.3 Å². The van der Waals surface area contributed by atoms with E-state index in [1.54, 1.807) is 6.07 Å². The molecule has 1 aliphatic carbocycles. The fourth-order valence-electron chi connectivity index (χ4n) is 1.80. The number of rotatable bonds is 6. The van der Waals surface area contributed by atoms with Crippen molar-refractivity contribution in [3.8, 4) is 0 Å². The van der Waals surface area contributed by atoms with Gasteiger partial charge in [0.2, 0.25) is 0 Å². The smallest absolute Gasteiger partial charge is 0.124 e. The summed E-state index contributed by atoms with van der Waals surface area (Å²) in [5.74, 6) is -0.152. The molecular weight excluding hydrogens is 269 g/mol. The molecule has 16 heavy (non-hydrogen) atoms. The lowest BCUT2D eigenvalue weighted by atomic mass is 10.1. The number of nitrogens with one attached hydrogen (secondary N) is 1. The van der Waals surface area contributed by atoms with Gasteiger partial charge in [-0.1, -0.05) is 15.9 Å². The van der Waals surface area contributed by atoms with Crippen LogP contribution in [0.5, 0.6) is 0 Å². The molecular formula is C13H17BrFN. The molecule has 1 aromatic carbocycles. The van der Waals surface area contributed by atoms with Gasteiger partial charge < -0.3 is 5.32 Å². The zero-order valence-electron chi connectivity index (χ0n) is 9.31. The molecule has 0 heterocycles. The van der Waals surface area contributed by atoms with Crippen molar-refractivity contribution in [2.75, 3.05) is 6.54 Å². The summed E-state index contributed by atoms with van der Waals surface area (Å²) < 4.78 is 13.9. The summed E-state index contributed by atoms with van der Waals surface area (Å²) >= 11 is 3.31. The van der Waals surface area contributed by atoms with Gasteiger partial charge in [0.05, 0.1) is 0 Å². The van der Waals surface area contributed by atoms with Gasteiger partial charge in [-0.2, -0.15) is 0 Å². The lowest BCUT2D eigenvalue weighted by Crippen LogP contribution is -2.17. The number of halogens is 2. The molecule has 0 unspecified atom stereocenters. The van der Waals surface area contributed by atoms with Crippen LogP contribution in [-0.2, 0) is 6.42 Å². The molecule has 0 bridgehead atoms. The topological polar surface area (TPSA) is 12.0 Å². The van der Waals surface area contributed by atoms with Crippen molar-refractivity contribution in [3.05, 3.63) is 34.1 Å². The van der Waals surface area contributed by atoms with E-state index in [0.29, 0.717) is 0 Å². The number of unbranched alkanes of at least 4 members (excludes halogenated alkanes) is 1. The highest BCUT2D eigenvalue weighted by Crippen LogP contribution is 2.19. The maximum absolute atomic E-state index is 13.1. The second kappa shape index (κ2) is 5.78. The van der Waals surface area contributed by atoms with Crippen LogP contribution in [0.1, 0.15) is 31.2 Å². The van der Waals surface area contributed by atoms with Crippen molar-refractivity contribution in [1.29, 1.82) is 0 Å². The fraction of sp³-hybridized carbons (Fsp3) is 0.538. The van der Waals surface area contributed by atoms with E-state index in [1.807, 2.05) is 6.07 Å². The molecule has 1 nitrogen and oxygen atoms in total. The molecule has 2 rings (SSSR count). The zero-order valence-corrected chi connectivity index (χ0v) is 10.9. The van der Waals surface area contributed by atoms with Gasteiger partial charge in [0.15, 0.2) is 0 Å². The Bertz CT molecular complexity index is 330. The lowest BCUT2D eigenvalue weighted by Gasteiger charge is -2.04. The molecule has 1 saturated carbocycles. The first-order valence-corrected chi connectivity index (χ1v) is 6.72. The van der Waals surface area contributed by atoms with Crippen molar-refractivity contribution in [1.82, 2.24) is 5.32 Å². The first kappa shape index (κ1) is 12.1. The van der Waals surface area contributed by atoms with Gasteiger partial charge in [0.25, 0.3) is 0 Å². The molecule has 0 radical (unpaired) electrons. The van der Waals surface area contributed by atoms with Gasteiger partial charge in [-0.05, 0) is 62.4 Å². The number of hydrogen-bond donors (Lipinski definition) is 1. The van der Waals surface area contributed by atoms with Gasteiger partial charge >= 0.3 is 0 Å². The Morgan fingerprint density at radius 2 is 2.06 bits per heavy atom. The van der Waals surface area contributed by atoms with Gasteiger partial charge in [-0.25, -0.2) is 4.39 Å². The molecule has 1 N–H and O–H groups in total. The van der Waals surface area contributed by atoms with Crippen LogP contribution in [0.25, 0.3) is 0 Å². The van der Waals surface area contributed by atoms with Crippen LogP contribution in [0.15, 0.2) is 22.7 Å². The molecule has 0 spiro atoms. The quantitative estimate of drug-likeness (QED) is 0.787. The van der Waals surface area contributed by atoms with Crippen LogP contribution < -0.4 is 5.32 Å². The van der Waals surface area contributed by atoms with Crippen molar-refractivity contribution >= 4 is 15.9 Å². The summed E-state index contributed by atoms with van der Waals surface area (Å²) in [6, 6.07) is 5.91. The Balaban J connectivity index is 1.67. The zero-order chi connectivity index (χ0) is 11.4. The molecule has 0 amide bonds. The molecule has 0 saturated heterocycles. The maximum atomic E-state index is 13.1. The molecule has 1 aliphatic rings. The Kier molecular flexibility index (Phi) is 4.36. The first-order valence-electron chi connectivity index (χ1n) is 5.92. The van der Waals surface area contributed by atoms with Crippen LogP contribution in [0.4, 0.5) is 4.39 Å². The first-order chi connectivity index (χ1) is 7.74. The summed E-state index contributed by atoms with van der Waals surface area (Å²) in [5.41, 5.74) is 1.08. The Labute approximate surface area is 105 Å². The Morgan fingerprint density at radius 3 is 2.75 bits per heavy atom. The Morgan fingerprint density at radius 1 is 1.25 bits per heavy atom. The second-order valence-corrected chi connectivity index (χ2v) is 5.38. The number of benzene rings is 1. The van der Waals surface area contributed by atoms with Gasteiger partial charge in [0, 0.05) is 10.5 Å². The van der Waals surface area contributed by atoms with Crippen LogP contribution >= 0.6 is 15.9 Å². The SMILES string of the molecule is Fc1cc(Br)cc(CCCCNC2CC2)c1. The highest BCUT2D eigenvalue weighted by molar-refractivity contribution is 9.10. The van der Waals surface area contributed by atoms with E-state index in [2.05, 4.69) is 21.2 Å². The summed E-state index contributed by atoms with van der Waals surface area (Å²) in [7, 11) is 0. The van der Waals surface area contributed by atoms with Gasteiger partial charge in [-0.3, -0.25) is 0 Å². The predicted octanol–water partition coefficient (Wildman–Crippen LogP) is 3.66. The highest BCUT2D eigenvalue weighted by atomic mass is 79.9. The maximum Gasteiger partial charge on any atom is 0.124 e. The van der Waals surface area contributed by atoms with E-state index in [9.17, 15) is 4.39 Å². The molecule has 3 heteroatoms. The molecule has 1 fully saturated rings. The van der Waals surface area contributed by atoms with Crippen LogP contribution in [0, 0.1) is 5.82 Å². The highest BCUT2D eigenvalue weighted by Gasteiger charge is 2.19. The normalized spacial score (nSPS) is 15.4. The van der Waals surface area contributed by atoms with Crippen LogP contribution in [0.2, 0.25) is 0 Å². The van der Waals surface area contributed by atoms with E-state index in [-0.39, 0.29) is 5.82 Å². The van der Waals surface area contributed by atoms with Crippen molar-refractivity contribution in [2.24, 2.45) is 0 Å². The van der Waals surface area contributed by atoms with Crippen molar-refractivity contribution in [3.63, 3.8) is 0 Å². The Hall–Kier alpha value is -0.410.